The van der Waals surface area contributed by atoms with E-state index >= 15 is 0 Å². The van der Waals surface area contributed by atoms with Gasteiger partial charge in [-0.25, -0.2) is 13.6 Å². The number of thiophene rings is 1. The van der Waals surface area contributed by atoms with E-state index in [9.17, 15) is 13.6 Å². The minimum atomic E-state index is -1.14. The summed E-state index contributed by atoms with van der Waals surface area (Å²) in [5.74, 6) is -3.16. The third-order valence-electron chi connectivity index (χ3n) is 2.10. The number of hydrogen-bond donors (Lipinski definition) is 1. The van der Waals surface area contributed by atoms with Gasteiger partial charge in [0.1, 0.15) is 4.88 Å². The molecule has 1 N–H and O–H groups in total. The molecule has 0 bridgehead atoms. The molecule has 1 heterocycles. The van der Waals surface area contributed by atoms with E-state index in [2.05, 4.69) is 0 Å². The van der Waals surface area contributed by atoms with Gasteiger partial charge >= 0.3 is 5.97 Å². The van der Waals surface area contributed by atoms with E-state index in [1.807, 2.05) is 0 Å². The van der Waals surface area contributed by atoms with Crippen LogP contribution in [0, 0.1) is 11.6 Å². The zero-order valence-corrected chi connectivity index (χ0v) is 8.72. The van der Waals surface area contributed by atoms with Crippen LogP contribution in [0.15, 0.2) is 29.6 Å². The van der Waals surface area contributed by atoms with Gasteiger partial charge in [-0.3, -0.25) is 0 Å². The second-order valence-electron chi connectivity index (χ2n) is 3.07. The predicted molar refractivity (Wildman–Crippen MR) is 56.6 cm³/mol. The van der Waals surface area contributed by atoms with Crippen LogP contribution in [-0.2, 0) is 0 Å². The van der Waals surface area contributed by atoms with E-state index in [1.165, 1.54) is 23.6 Å². The quantitative estimate of drug-likeness (QED) is 0.873. The second-order valence-corrected chi connectivity index (χ2v) is 3.99. The molecule has 0 spiro atoms. The fourth-order valence-corrected chi connectivity index (χ4v) is 2.14. The van der Waals surface area contributed by atoms with Crippen molar-refractivity contribution < 1.29 is 18.7 Å². The summed E-state index contributed by atoms with van der Waals surface area (Å²) in [6.07, 6.45) is 0. The molecule has 0 amide bonds. The summed E-state index contributed by atoms with van der Waals surface area (Å²) in [6.45, 7) is 0. The Morgan fingerprint density at radius 3 is 2.62 bits per heavy atom. The van der Waals surface area contributed by atoms with Gasteiger partial charge in [-0.15, -0.1) is 11.3 Å². The van der Waals surface area contributed by atoms with Crippen molar-refractivity contribution in [3.8, 4) is 11.1 Å². The lowest BCUT2D eigenvalue weighted by Gasteiger charge is -2.02. The van der Waals surface area contributed by atoms with Crippen LogP contribution in [0.1, 0.15) is 9.67 Å². The van der Waals surface area contributed by atoms with E-state index in [0.29, 0.717) is 0 Å². The van der Waals surface area contributed by atoms with Crippen LogP contribution in [-0.4, -0.2) is 11.1 Å². The number of carboxylic acids is 1. The topological polar surface area (TPSA) is 37.3 Å². The molecular weight excluding hydrogens is 234 g/mol. The van der Waals surface area contributed by atoms with Crippen LogP contribution >= 0.6 is 11.3 Å². The highest BCUT2D eigenvalue weighted by Crippen LogP contribution is 2.31. The zero-order chi connectivity index (χ0) is 11.7. The Balaban J connectivity index is 2.63. The molecule has 16 heavy (non-hydrogen) atoms. The molecule has 0 aliphatic carbocycles. The maximum Gasteiger partial charge on any atom is 0.346 e. The Kier molecular flexibility index (Phi) is 2.70. The third-order valence-corrected chi connectivity index (χ3v) is 3.00. The molecule has 0 atom stereocenters. The highest BCUT2D eigenvalue weighted by atomic mass is 32.1. The van der Waals surface area contributed by atoms with Gasteiger partial charge in [0.25, 0.3) is 0 Å². The monoisotopic (exact) mass is 240 g/mol. The summed E-state index contributed by atoms with van der Waals surface area (Å²) in [5.41, 5.74) is 0.174. The average molecular weight is 240 g/mol. The maximum absolute atomic E-state index is 13.4. The van der Waals surface area contributed by atoms with Crippen molar-refractivity contribution in [3.63, 3.8) is 0 Å². The lowest BCUT2D eigenvalue weighted by atomic mass is 10.1. The summed E-state index contributed by atoms with van der Waals surface area (Å²) >= 11 is 0.978. The highest BCUT2D eigenvalue weighted by Gasteiger charge is 2.17. The van der Waals surface area contributed by atoms with Gasteiger partial charge in [0.15, 0.2) is 11.6 Å². The fraction of sp³-hybridized carbons (Fsp3) is 0. The van der Waals surface area contributed by atoms with Gasteiger partial charge in [-0.05, 0) is 17.5 Å². The van der Waals surface area contributed by atoms with Gasteiger partial charge < -0.3 is 5.11 Å². The summed E-state index contributed by atoms with van der Waals surface area (Å²) in [4.78, 5) is 10.9. The Morgan fingerprint density at radius 2 is 1.94 bits per heavy atom. The third kappa shape index (κ3) is 1.69. The molecule has 0 aliphatic rings. The molecule has 82 valence electrons. The van der Waals surface area contributed by atoms with Crippen LogP contribution in [0.4, 0.5) is 8.78 Å². The Bertz CT molecular complexity index is 549. The molecule has 1 aromatic heterocycles. The summed E-state index contributed by atoms with van der Waals surface area (Å²) in [6, 6.07) is 5.15. The van der Waals surface area contributed by atoms with E-state index in [-0.39, 0.29) is 16.0 Å². The first-order valence-corrected chi connectivity index (χ1v) is 5.24. The first kappa shape index (κ1) is 10.8. The van der Waals surface area contributed by atoms with Crippen LogP contribution in [0.25, 0.3) is 11.1 Å². The average Bonchev–Trinajstić information content (AvgIpc) is 2.70. The van der Waals surface area contributed by atoms with Gasteiger partial charge in [-0.1, -0.05) is 12.1 Å². The first-order chi connectivity index (χ1) is 7.61. The molecule has 0 radical (unpaired) electrons. The smallest absolute Gasteiger partial charge is 0.346 e. The Labute approximate surface area is 93.8 Å². The number of aromatic carboxylic acids is 1. The Hall–Kier alpha value is -1.75. The van der Waals surface area contributed by atoms with Crippen molar-refractivity contribution in [3.05, 3.63) is 46.2 Å². The summed E-state index contributed by atoms with van der Waals surface area (Å²) in [7, 11) is 0. The van der Waals surface area contributed by atoms with E-state index in [1.54, 1.807) is 0 Å². The zero-order valence-electron chi connectivity index (χ0n) is 7.91. The number of hydrogen-bond acceptors (Lipinski definition) is 2. The normalized spacial score (nSPS) is 10.4. The standard InChI is InChI=1S/C11H6F2O2S/c12-8-3-1-2-6(9(8)13)7-4-5-16-10(7)11(14)15/h1-5H,(H,14,15). The number of carboxylic acid groups (broad SMARTS) is 1. The summed E-state index contributed by atoms with van der Waals surface area (Å²) < 4.78 is 26.4. The first-order valence-electron chi connectivity index (χ1n) is 4.36. The number of rotatable bonds is 2. The number of halogens is 2. The second kappa shape index (κ2) is 4.02. The molecule has 1 aromatic carbocycles. The van der Waals surface area contributed by atoms with Crippen LogP contribution in [0.2, 0.25) is 0 Å². The van der Waals surface area contributed by atoms with E-state index < -0.39 is 17.6 Å². The van der Waals surface area contributed by atoms with Crippen molar-refractivity contribution in [2.24, 2.45) is 0 Å². The number of benzene rings is 1. The lowest BCUT2D eigenvalue weighted by molar-refractivity contribution is 0.0703. The maximum atomic E-state index is 13.4. The van der Waals surface area contributed by atoms with Crippen molar-refractivity contribution in [1.82, 2.24) is 0 Å². The molecule has 0 saturated carbocycles. The number of carbonyl (C=O) groups is 1. The molecule has 2 aromatic rings. The van der Waals surface area contributed by atoms with Gasteiger partial charge in [-0.2, -0.15) is 0 Å². The van der Waals surface area contributed by atoms with Crippen LogP contribution in [0.5, 0.6) is 0 Å². The van der Waals surface area contributed by atoms with Crippen LogP contribution < -0.4 is 0 Å². The van der Waals surface area contributed by atoms with Gasteiger partial charge in [0, 0.05) is 11.1 Å². The largest absolute Gasteiger partial charge is 0.477 e. The molecule has 5 heteroatoms. The van der Waals surface area contributed by atoms with E-state index in [0.717, 1.165) is 17.4 Å². The van der Waals surface area contributed by atoms with Crippen LogP contribution in [0.3, 0.4) is 0 Å². The lowest BCUT2D eigenvalue weighted by Crippen LogP contribution is -1.96. The van der Waals surface area contributed by atoms with Crippen molar-refractivity contribution >= 4 is 17.3 Å². The summed E-state index contributed by atoms with van der Waals surface area (Å²) in [5, 5.41) is 10.4. The van der Waals surface area contributed by atoms with Crippen molar-refractivity contribution in [1.29, 1.82) is 0 Å². The molecule has 2 nitrogen and oxygen atoms in total. The molecular formula is C11H6F2O2S. The molecule has 0 fully saturated rings. The Morgan fingerprint density at radius 1 is 1.19 bits per heavy atom. The molecule has 0 saturated heterocycles. The highest BCUT2D eigenvalue weighted by molar-refractivity contribution is 7.12. The minimum absolute atomic E-state index is 0.00417. The predicted octanol–water partition coefficient (Wildman–Crippen LogP) is 3.39. The van der Waals surface area contributed by atoms with Crippen molar-refractivity contribution in [2.45, 2.75) is 0 Å². The molecule has 2 rings (SSSR count). The molecule has 0 unspecified atom stereocenters. The van der Waals surface area contributed by atoms with Gasteiger partial charge in [0.2, 0.25) is 0 Å². The minimum Gasteiger partial charge on any atom is -0.477 e. The van der Waals surface area contributed by atoms with E-state index in [4.69, 9.17) is 5.11 Å². The molecule has 0 aliphatic heterocycles. The fourth-order valence-electron chi connectivity index (χ4n) is 1.40. The SMILES string of the molecule is O=C(O)c1sccc1-c1cccc(F)c1F. The van der Waals surface area contributed by atoms with Gasteiger partial charge in [0.05, 0.1) is 0 Å². The van der Waals surface area contributed by atoms with Crippen molar-refractivity contribution in [2.75, 3.05) is 0 Å².